The van der Waals surface area contributed by atoms with E-state index in [0.717, 1.165) is 16.8 Å². The number of benzene rings is 3. The van der Waals surface area contributed by atoms with Crippen LogP contribution in [0.1, 0.15) is 16.7 Å². The fourth-order valence-electron chi connectivity index (χ4n) is 3.67. The van der Waals surface area contributed by atoms with Gasteiger partial charge in [0.2, 0.25) is 0 Å². The number of carbonyl (C=O) groups excluding carboxylic acids is 2. The Morgan fingerprint density at radius 2 is 1.50 bits per heavy atom. The number of imide groups is 1. The van der Waals surface area contributed by atoms with Crippen LogP contribution in [0.25, 0.3) is 5.57 Å². The van der Waals surface area contributed by atoms with Gasteiger partial charge in [0.05, 0.1) is 11.3 Å². The van der Waals surface area contributed by atoms with E-state index in [9.17, 15) is 14.0 Å². The smallest absolute Gasteiger partial charge is 0.282 e. The van der Waals surface area contributed by atoms with Gasteiger partial charge in [0.15, 0.2) is 0 Å². The van der Waals surface area contributed by atoms with Gasteiger partial charge >= 0.3 is 0 Å². The van der Waals surface area contributed by atoms with Gasteiger partial charge < -0.3 is 4.90 Å². The van der Waals surface area contributed by atoms with Crippen LogP contribution in [-0.2, 0) is 9.59 Å². The summed E-state index contributed by atoms with van der Waals surface area (Å²) in [6.45, 7) is 3.78. The lowest BCUT2D eigenvalue weighted by atomic mass is 10.0. The average molecular weight is 400 g/mol. The highest BCUT2D eigenvalue weighted by atomic mass is 19.1. The molecule has 30 heavy (non-hydrogen) atoms. The van der Waals surface area contributed by atoms with Gasteiger partial charge in [0.1, 0.15) is 11.5 Å². The SMILES string of the molecule is Cc1ccc(C)c(N2C(=O)C(c3ccc(F)cc3)=C(N(C)c3ccccc3)C2=O)c1. The maximum Gasteiger partial charge on any atom is 0.282 e. The highest BCUT2D eigenvalue weighted by Crippen LogP contribution is 2.37. The molecule has 2 amide bonds. The van der Waals surface area contributed by atoms with Crippen molar-refractivity contribution in [2.45, 2.75) is 13.8 Å². The van der Waals surface area contributed by atoms with Gasteiger partial charge in [0, 0.05) is 12.7 Å². The summed E-state index contributed by atoms with van der Waals surface area (Å²) in [5.41, 5.74) is 4.12. The Hall–Kier alpha value is -3.73. The molecule has 0 saturated heterocycles. The molecular weight excluding hydrogens is 379 g/mol. The fraction of sp³-hybridized carbons (Fsp3) is 0.120. The van der Waals surface area contributed by atoms with Crippen LogP contribution in [0.4, 0.5) is 15.8 Å². The predicted molar refractivity (Wildman–Crippen MR) is 117 cm³/mol. The minimum atomic E-state index is -0.418. The number of rotatable bonds is 4. The van der Waals surface area contributed by atoms with E-state index in [1.165, 1.54) is 29.2 Å². The quantitative estimate of drug-likeness (QED) is 0.587. The van der Waals surface area contributed by atoms with Crippen LogP contribution in [0, 0.1) is 19.7 Å². The highest BCUT2D eigenvalue weighted by Gasteiger charge is 2.42. The van der Waals surface area contributed by atoms with Crippen LogP contribution in [0.5, 0.6) is 0 Å². The molecule has 1 aliphatic heterocycles. The zero-order valence-corrected chi connectivity index (χ0v) is 17.0. The number of carbonyl (C=O) groups is 2. The second kappa shape index (κ2) is 7.59. The summed E-state index contributed by atoms with van der Waals surface area (Å²) in [4.78, 5) is 30.0. The molecule has 0 aliphatic carbocycles. The standard InChI is InChI=1S/C25H21FN2O2/c1-16-9-10-17(2)21(15-16)28-24(29)22(18-11-13-19(26)14-12-18)23(25(28)30)27(3)20-7-5-4-6-8-20/h4-15H,1-3H3. The van der Waals surface area contributed by atoms with Crippen molar-refractivity contribution in [3.8, 4) is 0 Å². The first kappa shape index (κ1) is 19.6. The average Bonchev–Trinajstić information content (AvgIpc) is 3.00. The first-order valence-electron chi connectivity index (χ1n) is 9.63. The number of aryl methyl sites for hydroxylation is 2. The third-order valence-corrected chi connectivity index (χ3v) is 5.28. The summed E-state index contributed by atoms with van der Waals surface area (Å²) in [6, 6.07) is 20.7. The molecular formula is C25H21FN2O2. The number of likely N-dealkylation sites (N-methyl/N-ethyl adjacent to an activating group) is 1. The summed E-state index contributed by atoms with van der Waals surface area (Å²) >= 11 is 0. The summed E-state index contributed by atoms with van der Waals surface area (Å²) < 4.78 is 13.5. The van der Waals surface area contributed by atoms with Crippen molar-refractivity contribution in [2.75, 3.05) is 16.8 Å². The molecule has 0 bridgehead atoms. The van der Waals surface area contributed by atoms with Gasteiger partial charge in [-0.3, -0.25) is 9.59 Å². The summed E-state index contributed by atoms with van der Waals surface area (Å²) in [5, 5.41) is 0. The molecule has 3 aromatic rings. The Morgan fingerprint density at radius 3 is 2.17 bits per heavy atom. The lowest BCUT2D eigenvalue weighted by molar-refractivity contribution is -0.120. The number of anilines is 2. The van der Waals surface area contributed by atoms with E-state index in [0.29, 0.717) is 11.3 Å². The molecule has 4 rings (SSSR count). The largest absolute Gasteiger partial charge is 0.339 e. The molecule has 0 unspecified atom stereocenters. The van der Waals surface area contributed by atoms with Crippen molar-refractivity contribution >= 4 is 28.8 Å². The minimum absolute atomic E-state index is 0.257. The molecule has 150 valence electrons. The van der Waals surface area contributed by atoms with Crippen molar-refractivity contribution in [3.05, 3.63) is 101 Å². The highest BCUT2D eigenvalue weighted by molar-refractivity contribution is 6.46. The van der Waals surface area contributed by atoms with Gasteiger partial charge in [-0.25, -0.2) is 9.29 Å². The molecule has 0 spiro atoms. The number of amides is 2. The Kier molecular flexibility index (Phi) is 4.96. The number of nitrogens with zero attached hydrogens (tertiary/aromatic N) is 2. The third-order valence-electron chi connectivity index (χ3n) is 5.28. The molecule has 0 radical (unpaired) electrons. The van der Waals surface area contributed by atoms with Gasteiger partial charge in [-0.1, -0.05) is 42.5 Å². The summed E-state index contributed by atoms with van der Waals surface area (Å²) in [5.74, 6) is -1.22. The Labute approximate surface area is 174 Å². The number of hydrogen-bond donors (Lipinski definition) is 0. The minimum Gasteiger partial charge on any atom is -0.339 e. The molecule has 0 atom stereocenters. The molecule has 4 nitrogen and oxygen atoms in total. The maximum absolute atomic E-state index is 13.6. The number of hydrogen-bond acceptors (Lipinski definition) is 3. The van der Waals surface area contributed by atoms with Crippen LogP contribution in [-0.4, -0.2) is 18.9 Å². The Bertz CT molecular complexity index is 1170. The van der Waals surface area contributed by atoms with Crippen molar-refractivity contribution < 1.29 is 14.0 Å². The van der Waals surface area contributed by atoms with Crippen LogP contribution >= 0.6 is 0 Å². The van der Waals surface area contributed by atoms with E-state index >= 15 is 0 Å². The van der Waals surface area contributed by atoms with E-state index in [4.69, 9.17) is 0 Å². The van der Waals surface area contributed by atoms with Crippen molar-refractivity contribution in [3.63, 3.8) is 0 Å². The molecule has 0 fully saturated rings. The Balaban J connectivity index is 1.90. The fourth-order valence-corrected chi connectivity index (χ4v) is 3.67. The first-order valence-corrected chi connectivity index (χ1v) is 9.63. The molecule has 1 aliphatic rings. The van der Waals surface area contributed by atoms with E-state index in [1.54, 1.807) is 11.9 Å². The van der Waals surface area contributed by atoms with Crippen LogP contribution < -0.4 is 9.80 Å². The number of para-hydroxylation sites is 1. The number of halogens is 1. The van der Waals surface area contributed by atoms with E-state index in [-0.39, 0.29) is 11.3 Å². The zero-order valence-electron chi connectivity index (χ0n) is 17.0. The topological polar surface area (TPSA) is 40.6 Å². The molecule has 0 N–H and O–H groups in total. The van der Waals surface area contributed by atoms with E-state index in [2.05, 4.69) is 0 Å². The zero-order chi connectivity index (χ0) is 21.4. The van der Waals surface area contributed by atoms with Gasteiger partial charge in [-0.15, -0.1) is 0 Å². The third kappa shape index (κ3) is 3.28. The van der Waals surface area contributed by atoms with Gasteiger partial charge in [-0.05, 0) is 60.9 Å². The molecule has 5 heteroatoms. The van der Waals surface area contributed by atoms with Gasteiger partial charge in [-0.2, -0.15) is 0 Å². The predicted octanol–water partition coefficient (Wildman–Crippen LogP) is 4.86. The summed E-state index contributed by atoms with van der Waals surface area (Å²) in [7, 11) is 1.76. The molecule has 0 saturated carbocycles. The molecule has 3 aromatic carbocycles. The first-order chi connectivity index (χ1) is 14.4. The monoisotopic (exact) mass is 400 g/mol. The molecule has 1 heterocycles. The van der Waals surface area contributed by atoms with E-state index in [1.807, 2.05) is 62.4 Å². The van der Waals surface area contributed by atoms with Crippen molar-refractivity contribution in [2.24, 2.45) is 0 Å². The molecule has 0 aromatic heterocycles. The maximum atomic E-state index is 13.6. The van der Waals surface area contributed by atoms with Crippen molar-refractivity contribution in [1.82, 2.24) is 0 Å². The van der Waals surface area contributed by atoms with Crippen LogP contribution in [0.3, 0.4) is 0 Å². The second-order valence-corrected chi connectivity index (χ2v) is 7.36. The lowest BCUT2D eigenvalue weighted by Gasteiger charge is -2.22. The van der Waals surface area contributed by atoms with Crippen molar-refractivity contribution in [1.29, 1.82) is 0 Å². The van der Waals surface area contributed by atoms with E-state index < -0.39 is 17.6 Å². The lowest BCUT2D eigenvalue weighted by Crippen LogP contribution is -2.34. The second-order valence-electron chi connectivity index (χ2n) is 7.36. The van der Waals surface area contributed by atoms with Crippen LogP contribution in [0.15, 0.2) is 78.5 Å². The normalized spacial score (nSPS) is 13.9. The summed E-state index contributed by atoms with van der Waals surface area (Å²) in [6.07, 6.45) is 0. The van der Waals surface area contributed by atoms with Crippen LogP contribution in [0.2, 0.25) is 0 Å². The Morgan fingerprint density at radius 1 is 0.833 bits per heavy atom. The van der Waals surface area contributed by atoms with Gasteiger partial charge in [0.25, 0.3) is 11.8 Å².